The van der Waals surface area contributed by atoms with Gasteiger partial charge in [-0.1, -0.05) is 0 Å². The molecule has 3 aliphatic rings. The fourth-order valence-electron chi connectivity index (χ4n) is 3.13. The zero-order valence-corrected chi connectivity index (χ0v) is 10.2. The van der Waals surface area contributed by atoms with Gasteiger partial charge in [-0.2, -0.15) is 0 Å². The number of nitrogens with zero attached hydrogens (tertiary/aromatic N) is 1. The van der Waals surface area contributed by atoms with Gasteiger partial charge in [-0.05, 0) is 25.4 Å². The van der Waals surface area contributed by atoms with E-state index in [1.807, 2.05) is 0 Å². The molecule has 0 aromatic heterocycles. The molecule has 3 unspecified atom stereocenters. The van der Waals surface area contributed by atoms with Crippen molar-refractivity contribution in [2.75, 3.05) is 26.7 Å². The van der Waals surface area contributed by atoms with Crippen LogP contribution in [-0.2, 0) is 19.1 Å². The minimum absolute atomic E-state index is 0.188. The molecular formula is C12H16N2O4. The maximum Gasteiger partial charge on any atom is 0.310 e. The molecule has 2 amide bonds. The average Bonchev–Trinajstić information content (AvgIpc) is 2.81. The van der Waals surface area contributed by atoms with Crippen LogP contribution in [-0.4, -0.2) is 49.4 Å². The van der Waals surface area contributed by atoms with Gasteiger partial charge in [0.1, 0.15) is 0 Å². The third-order valence-corrected chi connectivity index (χ3v) is 4.20. The second-order valence-corrected chi connectivity index (χ2v) is 5.25. The monoisotopic (exact) mass is 252 g/mol. The van der Waals surface area contributed by atoms with E-state index in [-0.39, 0.29) is 11.8 Å². The van der Waals surface area contributed by atoms with Gasteiger partial charge in [0.25, 0.3) is 0 Å². The lowest BCUT2D eigenvalue weighted by Gasteiger charge is -2.21. The number of carbonyl (C=O) groups is 3. The van der Waals surface area contributed by atoms with E-state index in [0.29, 0.717) is 12.5 Å². The lowest BCUT2D eigenvalue weighted by molar-refractivity contribution is -0.150. The predicted octanol–water partition coefficient (Wildman–Crippen LogP) is -1.00. The minimum atomic E-state index is -0.520. The quantitative estimate of drug-likeness (QED) is 0.515. The number of rotatable bonds is 3. The van der Waals surface area contributed by atoms with E-state index < -0.39 is 23.7 Å². The van der Waals surface area contributed by atoms with Crippen LogP contribution in [0.1, 0.15) is 6.42 Å². The second kappa shape index (κ2) is 4.05. The number of ether oxygens (including phenoxy) is 1. The minimum Gasteiger partial charge on any atom is -0.469 e. The number of piperidine rings is 1. The number of esters is 1. The van der Waals surface area contributed by atoms with Crippen molar-refractivity contribution in [1.82, 2.24) is 10.2 Å². The van der Waals surface area contributed by atoms with Crippen molar-refractivity contribution in [2.45, 2.75) is 6.42 Å². The van der Waals surface area contributed by atoms with Gasteiger partial charge in [-0.3, -0.25) is 19.3 Å². The summed E-state index contributed by atoms with van der Waals surface area (Å²) in [5, 5.41) is 3.21. The van der Waals surface area contributed by atoms with Gasteiger partial charge >= 0.3 is 5.97 Å². The highest BCUT2D eigenvalue weighted by Gasteiger charge is 2.70. The van der Waals surface area contributed by atoms with Crippen molar-refractivity contribution in [2.24, 2.45) is 23.7 Å². The molecule has 98 valence electrons. The number of likely N-dealkylation sites (tertiary alicyclic amines) is 1. The smallest absolute Gasteiger partial charge is 0.310 e. The van der Waals surface area contributed by atoms with E-state index in [4.69, 9.17) is 0 Å². The summed E-state index contributed by atoms with van der Waals surface area (Å²) >= 11 is 0. The van der Waals surface area contributed by atoms with Crippen LogP contribution >= 0.6 is 0 Å². The molecule has 2 heterocycles. The van der Waals surface area contributed by atoms with Gasteiger partial charge in [0.05, 0.1) is 24.9 Å². The van der Waals surface area contributed by atoms with E-state index in [1.54, 1.807) is 0 Å². The number of hydrogen-bond donors (Lipinski definition) is 1. The highest BCUT2D eigenvalue weighted by atomic mass is 16.5. The van der Waals surface area contributed by atoms with Crippen molar-refractivity contribution in [1.29, 1.82) is 0 Å². The normalized spacial score (nSPS) is 37.9. The van der Waals surface area contributed by atoms with Crippen LogP contribution in [0.3, 0.4) is 0 Å². The van der Waals surface area contributed by atoms with Gasteiger partial charge < -0.3 is 10.1 Å². The molecule has 6 nitrogen and oxygen atoms in total. The molecule has 0 aromatic carbocycles. The molecule has 0 spiro atoms. The Kier molecular flexibility index (Phi) is 2.62. The summed E-state index contributed by atoms with van der Waals surface area (Å²) in [6.45, 7) is 2.29. The zero-order chi connectivity index (χ0) is 12.9. The van der Waals surface area contributed by atoms with Crippen molar-refractivity contribution in [3.8, 4) is 0 Å². The Labute approximate surface area is 105 Å². The number of methoxy groups -OCH3 is 1. The van der Waals surface area contributed by atoms with E-state index >= 15 is 0 Å². The Morgan fingerprint density at radius 3 is 2.56 bits per heavy atom. The molecule has 3 rings (SSSR count). The molecule has 18 heavy (non-hydrogen) atoms. The Hall–Kier alpha value is -1.43. The van der Waals surface area contributed by atoms with Crippen molar-refractivity contribution >= 4 is 17.8 Å². The molecule has 1 saturated carbocycles. The fourth-order valence-corrected chi connectivity index (χ4v) is 3.13. The standard InChI is InChI=1S/C12H16N2O4/c1-18-12(17)9-7-8(9)11(16)14(10(7)15)5-6-2-3-13-4-6/h6-9,13H,2-5H2,1H3. The van der Waals surface area contributed by atoms with Crippen LogP contribution < -0.4 is 5.32 Å². The summed E-state index contributed by atoms with van der Waals surface area (Å²) < 4.78 is 4.60. The summed E-state index contributed by atoms with van der Waals surface area (Å²) in [4.78, 5) is 36.8. The zero-order valence-electron chi connectivity index (χ0n) is 10.2. The number of hydrogen-bond acceptors (Lipinski definition) is 5. The summed E-state index contributed by atoms with van der Waals surface area (Å²) in [6, 6.07) is 0. The average molecular weight is 252 g/mol. The van der Waals surface area contributed by atoms with Gasteiger partial charge in [0.15, 0.2) is 0 Å². The van der Waals surface area contributed by atoms with Crippen molar-refractivity contribution in [3.63, 3.8) is 0 Å². The first-order valence-electron chi connectivity index (χ1n) is 6.29. The lowest BCUT2D eigenvalue weighted by atomic mass is 10.1. The predicted molar refractivity (Wildman–Crippen MR) is 60.2 cm³/mol. The van der Waals surface area contributed by atoms with E-state index in [2.05, 4.69) is 10.1 Å². The van der Waals surface area contributed by atoms with Crippen LogP contribution in [0.15, 0.2) is 0 Å². The molecule has 0 bridgehead atoms. The van der Waals surface area contributed by atoms with Crippen LogP contribution in [0.4, 0.5) is 0 Å². The van der Waals surface area contributed by atoms with Crippen LogP contribution in [0.5, 0.6) is 0 Å². The van der Waals surface area contributed by atoms with E-state index in [1.165, 1.54) is 12.0 Å². The summed E-state index contributed by atoms with van der Waals surface area (Å²) in [5.74, 6) is -1.87. The topological polar surface area (TPSA) is 75.7 Å². The molecule has 2 aliphatic heterocycles. The summed E-state index contributed by atoms with van der Waals surface area (Å²) in [7, 11) is 1.29. The van der Waals surface area contributed by atoms with Crippen LogP contribution in [0, 0.1) is 23.7 Å². The molecule has 3 fully saturated rings. The third-order valence-electron chi connectivity index (χ3n) is 4.20. The summed E-state index contributed by atoms with van der Waals surface area (Å²) in [6.07, 6.45) is 0.993. The molecule has 1 aliphatic carbocycles. The van der Waals surface area contributed by atoms with Crippen LogP contribution in [0.2, 0.25) is 0 Å². The van der Waals surface area contributed by atoms with Gasteiger partial charge in [0, 0.05) is 6.54 Å². The SMILES string of the molecule is COC(=O)C1C2C(=O)N(CC3CCNC3)C(=O)C12. The molecule has 1 N–H and O–H groups in total. The number of amides is 2. The third kappa shape index (κ3) is 1.55. The fraction of sp³-hybridized carbons (Fsp3) is 0.750. The maximum absolute atomic E-state index is 12.1. The summed E-state index contributed by atoms with van der Waals surface area (Å²) in [5.41, 5.74) is 0. The molecule has 6 heteroatoms. The number of carbonyl (C=O) groups excluding carboxylic acids is 3. The number of fused-ring (bicyclic) bond motifs is 1. The lowest BCUT2D eigenvalue weighted by Crippen LogP contribution is -2.39. The van der Waals surface area contributed by atoms with Gasteiger partial charge in [-0.25, -0.2) is 0 Å². The largest absolute Gasteiger partial charge is 0.469 e. The van der Waals surface area contributed by atoms with E-state index in [0.717, 1.165) is 19.5 Å². The van der Waals surface area contributed by atoms with Gasteiger partial charge in [0.2, 0.25) is 11.8 Å². The maximum atomic E-state index is 12.1. The van der Waals surface area contributed by atoms with E-state index in [9.17, 15) is 14.4 Å². The first kappa shape index (κ1) is 11.6. The highest BCUT2D eigenvalue weighted by Crippen LogP contribution is 2.54. The second-order valence-electron chi connectivity index (χ2n) is 5.25. The molecule has 0 radical (unpaired) electrons. The molecule has 3 atom stereocenters. The Morgan fingerprint density at radius 1 is 1.39 bits per heavy atom. The first-order valence-corrected chi connectivity index (χ1v) is 6.29. The van der Waals surface area contributed by atoms with Crippen molar-refractivity contribution in [3.05, 3.63) is 0 Å². The Bertz CT molecular complexity index is 394. The van der Waals surface area contributed by atoms with Gasteiger partial charge in [-0.15, -0.1) is 0 Å². The molecule has 2 saturated heterocycles. The molecule has 0 aromatic rings. The Morgan fingerprint density at radius 2 is 2.06 bits per heavy atom. The van der Waals surface area contributed by atoms with Crippen molar-refractivity contribution < 1.29 is 19.1 Å². The van der Waals surface area contributed by atoms with Crippen LogP contribution in [0.25, 0.3) is 0 Å². The first-order chi connectivity index (χ1) is 8.65. The molecular weight excluding hydrogens is 236 g/mol. The Balaban J connectivity index is 1.66. The number of imide groups is 1. The highest BCUT2D eigenvalue weighted by molar-refractivity contribution is 6.13. The number of nitrogens with one attached hydrogen (secondary N) is 1.